The van der Waals surface area contributed by atoms with Crippen LogP contribution in [0.4, 0.5) is 0 Å². The molecule has 29 nitrogen and oxygen atoms in total. The van der Waals surface area contributed by atoms with Crippen LogP contribution in [0.5, 0.6) is 0 Å². The van der Waals surface area contributed by atoms with Crippen LogP contribution in [-0.2, 0) is 65.6 Å². The van der Waals surface area contributed by atoms with Crippen molar-refractivity contribution < 1.29 is 57.8 Å². The summed E-state index contributed by atoms with van der Waals surface area (Å²) in [6, 6.07) is -4.64. The maximum Gasteiger partial charge on any atom is 0.326 e. The minimum absolute atomic E-state index is 0.0191. The maximum absolute atomic E-state index is 15.5. The van der Waals surface area contributed by atoms with Crippen molar-refractivity contribution in [2.24, 2.45) is 56.6 Å². The van der Waals surface area contributed by atoms with E-state index >= 15 is 14.4 Å². The molecule has 1 fully saturated rings. The molecule has 4 aliphatic heterocycles. The molecule has 0 radical (unpaired) electrons. The Balaban J connectivity index is 1.58. The van der Waals surface area contributed by atoms with Crippen LogP contribution in [0.2, 0.25) is 0 Å². The molecule has 29 heteroatoms. The number of rotatable bonds is 19. The second kappa shape index (κ2) is 28.9. The summed E-state index contributed by atoms with van der Waals surface area (Å²) in [7, 11) is 0. The fourth-order valence-corrected chi connectivity index (χ4v) is 10.7. The van der Waals surface area contributed by atoms with Crippen LogP contribution >= 0.6 is 0 Å². The molecule has 84 heavy (non-hydrogen) atoms. The van der Waals surface area contributed by atoms with Crippen molar-refractivity contribution in [2.75, 3.05) is 19.6 Å². The number of carbonyl (C=O) groups is 11. The van der Waals surface area contributed by atoms with Crippen molar-refractivity contribution in [3.05, 3.63) is 47.5 Å². The number of fused-ring (bicyclic) bond motifs is 13. The van der Waals surface area contributed by atoms with Crippen molar-refractivity contribution in [2.45, 2.75) is 154 Å². The van der Waals surface area contributed by atoms with E-state index < -0.39 is 137 Å². The van der Waals surface area contributed by atoms with E-state index in [4.69, 9.17) is 22.9 Å². The Morgan fingerprint density at radius 1 is 0.821 bits per heavy atom. The number of aliphatic imine (C=N–C) groups is 2. The molecule has 1 saturated heterocycles. The van der Waals surface area contributed by atoms with Gasteiger partial charge in [0.25, 0.3) is 5.91 Å². The lowest BCUT2D eigenvalue weighted by Gasteiger charge is -2.33. The van der Waals surface area contributed by atoms with Crippen molar-refractivity contribution in [1.82, 2.24) is 57.1 Å². The van der Waals surface area contributed by atoms with Gasteiger partial charge in [-0.15, -0.1) is 0 Å². The average molecular weight is 1170 g/mol. The number of nitrogens with one attached hydrogen (secondary N) is 9. The van der Waals surface area contributed by atoms with E-state index in [9.17, 15) is 43.5 Å². The number of H-pyrrole nitrogens is 1. The number of aromatic nitrogens is 3. The third-order valence-corrected chi connectivity index (χ3v) is 15.2. The number of ketones is 2. The lowest BCUT2D eigenvalue weighted by atomic mass is 9.81. The van der Waals surface area contributed by atoms with Gasteiger partial charge in [0.05, 0.1) is 30.2 Å². The molecule has 2 aromatic heterocycles. The van der Waals surface area contributed by atoms with Gasteiger partial charge in [-0.2, -0.15) is 0 Å². The van der Waals surface area contributed by atoms with Crippen LogP contribution in [0.1, 0.15) is 116 Å². The highest BCUT2D eigenvalue weighted by molar-refractivity contribution is 6.39. The van der Waals surface area contributed by atoms with E-state index in [2.05, 4.69) is 62.5 Å². The number of carbonyl (C=O) groups excluding carboxylic acids is 10. The smallest absolute Gasteiger partial charge is 0.326 e. The number of amides is 8. The lowest BCUT2D eigenvalue weighted by molar-refractivity contribution is -0.142. The van der Waals surface area contributed by atoms with Gasteiger partial charge < -0.3 is 75.6 Å². The Kier molecular flexibility index (Phi) is 22.1. The van der Waals surface area contributed by atoms with E-state index in [1.807, 2.05) is 13.8 Å². The predicted octanol–water partition coefficient (Wildman–Crippen LogP) is -2.45. The fraction of sp³-hybridized carbons (Fsp3) is 0.564. The van der Waals surface area contributed by atoms with Gasteiger partial charge in [0.2, 0.25) is 47.1 Å². The van der Waals surface area contributed by atoms with Gasteiger partial charge in [-0.05, 0) is 67.9 Å². The van der Waals surface area contributed by atoms with Crippen molar-refractivity contribution >= 4 is 87.6 Å². The largest absolute Gasteiger partial charge is 0.480 e. The first-order valence-electron chi connectivity index (χ1n) is 28.2. The molecule has 7 bridgehead atoms. The Labute approximate surface area is 484 Å². The number of nitrogens with zero attached hydrogens (tertiary/aromatic N) is 4. The van der Waals surface area contributed by atoms with E-state index in [1.165, 1.54) is 12.5 Å². The van der Waals surface area contributed by atoms with Crippen molar-refractivity contribution in [3.63, 3.8) is 0 Å². The number of hydrogen-bond donors (Lipinski definition) is 14. The molecule has 0 saturated carbocycles. The molecule has 456 valence electrons. The van der Waals surface area contributed by atoms with E-state index in [1.54, 1.807) is 50.5 Å². The number of hydrogen-bond acceptors (Lipinski definition) is 14. The van der Waals surface area contributed by atoms with Crippen molar-refractivity contribution in [3.8, 4) is 5.82 Å². The number of aliphatic carboxylic acids is 1. The van der Waals surface area contributed by atoms with E-state index in [-0.39, 0.29) is 100 Å². The second-order valence-corrected chi connectivity index (χ2v) is 22.4. The molecule has 10 atom stereocenters. The SMILES string of the molecule is CCC(C)[C@@H]1NC(=O)[C@H](CC(C)C)NC(=O)[C@@H](NC(=O)C(=O)[C@@H]2CCC(=O)N2)[C@H](C(C)C)c2ccc3c4c([nH]c3c2)-n2cnc(c2)C[C@@H](C(=O)NC(CCCN=C(N)N)C(=O)O)NC(=O)CNC(=O)[C@@H](CCCN=C(N)N)C(=O)C(C4)NC1=O. The Morgan fingerprint density at radius 2 is 1.51 bits per heavy atom. The third kappa shape index (κ3) is 16.6. The third-order valence-electron chi connectivity index (χ3n) is 15.2. The number of imidazole rings is 1. The minimum Gasteiger partial charge on any atom is -0.480 e. The Morgan fingerprint density at radius 3 is 2.14 bits per heavy atom. The number of guanidine groups is 2. The van der Waals surface area contributed by atoms with Crippen LogP contribution in [0.25, 0.3) is 16.7 Å². The molecule has 4 aliphatic rings. The number of Topliss-reactive ketones (excluding diaryl/α,β-unsaturated/α-hetero) is 2. The van der Waals surface area contributed by atoms with Gasteiger partial charge >= 0.3 is 5.97 Å². The second-order valence-electron chi connectivity index (χ2n) is 22.4. The topological polar surface area (TPSA) is 467 Å². The van der Waals surface area contributed by atoms with Crippen LogP contribution in [0, 0.1) is 23.7 Å². The van der Waals surface area contributed by atoms with E-state index in [0.29, 0.717) is 28.5 Å². The zero-order chi connectivity index (χ0) is 61.7. The monoisotopic (exact) mass is 1170 g/mol. The summed E-state index contributed by atoms with van der Waals surface area (Å²) in [6.45, 7) is 10.0. The normalized spacial score (nSPS) is 23.4. The summed E-state index contributed by atoms with van der Waals surface area (Å²) in [6.07, 6.45) is 2.68. The first-order valence-corrected chi connectivity index (χ1v) is 28.2. The highest BCUT2D eigenvalue weighted by Crippen LogP contribution is 2.35. The summed E-state index contributed by atoms with van der Waals surface area (Å²) in [5.74, 6) is -13.9. The van der Waals surface area contributed by atoms with Gasteiger partial charge in [-0.3, -0.25) is 62.5 Å². The van der Waals surface area contributed by atoms with Gasteiger partial charge in [0.1, 0.15) is 42.4 Å². The predicted molar refractivity (Wildman–Crippen MR) is 306 cm³/mol. The molecule has 8 amide bonds. The fourth-order valence-electron chi connectivity index (χ4n) is 10.7. The summed E-state index contributed by atoms with van der Waals surface area (Å²) in [5, 5.41) is 31.8. The Bertz CT molecular complexity index is 3050. The number of aromatic amines is 1. The van der Waals surface area contributed by atoms with Gasteiger partial charge in [0, 0.05) is 60.9 Å². The molecule has 1 aromatic carbocycles. The molecular formula is C55H79N17O12. The molecule has 18 N–H and O–H groups in total. The van der Waals surface area contributed by atoms with Crippen LogP contribution in [0.15, 0.2) is 40.7 Å². The van der Waals surface area contributed by atoms with Crippen LogP contribution < -0.4 is 65.5 Å². The quantitative estimate of drug-likeness (QED) is 0.0148. The van der Waals surface area contributed by atoms with Crippen LogP contribution in [0.3, 0.4) is 0 Å². The summed E-state index contributed by atoms with van der Waals surface area (Å²) >= 11 is 0. The number of carboxylic acids is 1. The first kappa shape index (κ1) is 64.3. The molecule has 3 unspecified atom stereocenters. The number of benzene rings is 1. The Hall–Kier alpha value is -8.92. The molecule has 0 aliphatic carbocycles. The zero-order valence-electron chi connectivity index (χ0n) is 48.0. The zero-order valence-corrected chi connectivity index (χ0v) is 48.0. The highest BCUT2D eigenvalue weighted by atomic mass is 16.4. The summed E-state index contributed by atoms with van der Waals surface area (Å²) in [5.41, 5.74) is 23.5. The lowest BCUT2D eigenvalue weighted by Crippen LogP contribution is -2.61. The molecule has 6 heterocycles. The minimum atomic E-state index is -1.59. The standard InChI is InChI=1S/C55H79N17O12/c1-7-27(6)42-50(80)68-36-21-32-30-13-12-28(41(26(4)5)43(51(81)69-37(18-25(2)3)49(79)70-42)71-52(82)45(76)33-14-15-39(73)64-33)19-35(30)66-46(32)72-23-29(63-24-72)20-38(48(78)67-34(53(83)84)11-9-17-61-55(58)59)65-40(74)22-62-47(77)31(44(36)75)10-8-16-60-54(56)57/h12-13,19,23-27,31,33-34,36-38,41-43,66H,7-11,14-18,20-22H2,1-6H3,(H,62,77)(H,64,73)(H,65,74)(H,67,78)(H,68,80)(H,69,81)(H,70,79)(H,71,82)(H,83,84)(H4,56,57,60)(H4,58,59,61)/t27?,31-,33-,34?,36?,37-,38-,41+,42-,43-/m0/s1. The highest BCUT2D eigenvalue weighted by Gasteiger charge is 2.42. The average Bonchev–Trinajstić information content (AvgIpc) is 4.34. The molecule has 0 spiro atoms. The number of nitrogens with two attached hydrogens (primary N) is 4. The molecule has 3 aromatic rings. The first-order chi connectivity index (χ1) is 39.8. The van der Waals surface area contributed by atoms with Gasteiger partial charge in [-0.1, -0.05) is 60.1 Å². The molecule has 7 rings (SSSR count). The maximum atomic E-state index is 15.5. The molecular weight excluding hydrogens is 1090 g/mol. The van der Waals surface area contributed by atoms with Gasteiger partial charge in [0.15, 0.2) is 17.7 Å². The summed E-state index contributed by atoms with van der Waals surface area (Å²) < 4.78 is 1.54. The number of carboxylic acid groups (broad SMARTS) is 1. The summed E-state index contributed by atoms with van der Waals surface area (Å²) in [4.78, 5) is 171. The van der Waals surface area contributed by atoms with Crippen molar-refractivity contribution in [1.29, 1.82) is 0 Å². The van der Waals surface area contributed by atoms with Gasteiger partial charge in [-0.25, -0.2) is 9.78 Å². The van der Waals surface area contributed by atoms with E-state index in [0.717, 1.165) is 0 Å². The van der Waals surface area contributed by atoms with Crippen LogP contribution in [-0.4, -0.2) is 158 Å².